The lowest BCUT2D eigenvalue weighted by Gasteiger charge is -2.25. The van der Waals surface area contributed by atoms with Crippen LogP contribution < -0.4 is 5.23 Å². The molecule has 1 N–H and O–H groups in total. The number of rotatable bonds is 0. The summed E-state index contributed by atoms with van der Waals surface area (Å²) in [5.41, 5.74) is 0. The van der Waals surface area contributed by atoms with Gasteiger partial charge in [0.05, 0.1) is 0 Å². The van der Waals surface area contributed by atoms with Gasteiger partial charge in [-0.2, -0.15) is 0 Å². The first kappa shape index (κ1) is 7.30. The Balaban J connectivity index is 1.89. The molecule has 3 rings (SSSR count). The van der Waals surface area contributed by atoms with Crippen molar-refractivity contribution in [2.75, 3.05) is 6.61 Å². The van der Waals surface area contributed by atoms with Gasteiger partial charge >= 0.3 is 0 Å². The number of hydroxylamine groups is 2. The normalized spacial score (nSPS) is 57.2. The number of nitrogens with one attached hydrogen (secondary N) is 1. The Morgan fingerprint density at radius 2 is 2.08 bits per heavy atom. The zero-order valence-electron chi connectivity index (χ0n) is 7.16. The van der Waals surface area contributed by atoms with Crippen molar-refractivity contribution in [1.82, 2.24) is 0 Å². The summed E-state index contributed by atoms with van der Waals surface area (Å²) in [6, 6.07) is 0.303. The van der Waals surface area contributed by atoms with Crippen LogP contribution >= 0.6 is 0 Å². The summed E-state index contributed by atoms with van der Waals surface area (Å²) in [5, 5.41) is 11.5. The molecule has 1 saturated heterocycles. The van der Waals surface area contributed by atoms with Crippen LogP contribution in [0.5, 0.6) is 0 Å². The minimum atomic E-state index is 0.106. The third-order valence-corrected chi connectivity index (χ3v) is 4.02. The maximum absolute atomic E-state index is 11.4. The fourth-order valence-corrected chi connectivity index (χ4v) is 3.51. The fraction of sp³-hybridized carbons (Fsp3) is 1.00. The van der Waals surface area contributed by atoms with E-state index in [2.05, 4.69) is 0 Å². The van der Waals surface area contributed by atoms with E-state index < -0.39 is 0 Å². The molecule has 2 saturated carbocycles. The topological polar surface area (TPSA) is 36.7 Å². The standard InChI is InChI=1S/C9H15NO2/c11-10-9-7-3-1-2-6(4-7)8(9)5-12-10/h6-10H,1-5H2. The Morgan fingerprint density at radius 3 is 3.00 bits per heavy atom. The van der Waals surface area contributed by atoms with E-state index in [1.807, 2.05) is 0 Å². The van der Waals surface area contributed by atoms with Crippen molar-refractivity contribution in [3.05, 3.63) is 5.21 Å². The van der Waals surface area contributed by atoms with Gasteiger partial charge in [0.15, 0.2) is 0 Å². The average molecular weight is 169 g/mol. The quantitative estimate of drug-likeness (QED) is 0.523. The molecule has 0 aromatic heterocycles. The first-order valence-electron chi connectivity index (χ1n) is 5.03. The lowest BCUT2D eigenvalue weighted by Crippen LogP contribution is -3.08. The summed E-state index contributed by atoms with van der Waals surface area (Å²) < 4.78 is 0. The Labute approximate surface area is 72.2 Å². The minimum Gasteiger partial charge on any atom is -0.600 e. The lowest BCUT2D eigenvalue weighted by atomic mass is 9.87. The van der Waals surface area contributed by atoms with Crippen LogP contribution in [0.15, 0.2) is 0 Å². The maximum Gasteiger partial charge on any atom is 0.125 e. The zero-order chi connectivity index (χ0) is 8.13. The van der Waals surface area contributed by atoms with Gasteiger partial charge in [-0.25, -0.2) is 10.1 Å². The summed E-state index contributed by atoms with van der Waals surface area (Å²) in [5.74, 6) is 2.11. The molecule has 0 radical (unpaired) electrons. The van der Waals surface area contributed by atoms with Gasteiger partial charge in [0.1, 0.15) is 12.6 Å². The van der Waals surface area contributed by atoms with Crippen LogP contribution in [0.3, 0.4) is 0 Å². The third-order valence-electron chi connectivity index (χ3n) is 4.02. The molecule has 2 aliphatic carbocycles. The van der Waals surface area contributed by atoms with Crippen molar-refractivity contribution in [2.45, 2.75) is 31.7 Å². The molecule has 3 fully saturated rings. The van der Waals surface area contributed by atoms with Gasteiger partial charge in [-0.1, -0.05) is 6.42 Å². The average Bonchev–Trinajstić information content (AvgIpc) is 2.57. The van der Waals surface area contributed by atoms with E-state index in [-0.39, 0.29) is 5.23 Å². The van der Waals surface area contributed by atoms with Gasteiger partial charge in [0.25, 0.3) is 0 Å². The van der Waals surface area contributed by atoms with E-state index in [1.165, 1.54) is 25.7 Å². The summed E-state index contributed by atoms with van der Waals surface area (Å²) in [6.07, 6.45) is 5.26. The molecule has 68 valence electrons. The number of hydrogen-bond acceptors (Lipinski definition) is 2. The molecule has 3 nitrogen and oxygen atoms in total. The molecule has 2 bridgehead atoms. The Morgan fingerprint density at radius 1 is 1.25 bits per heavy atom. The van der Waals surface area contributed by atoms with Crippen LogP contribution in [0.1, 0.15) is 25.7 Å². The SMILES string of the molecule is [O-][NH+]1OCC2C3CCCC(C3)C21. The van der Waals surface area contributed by atoms with E-state index >= 15 is 0 Å². The number of hydrogen-bond donors (Lipinski definition) is 1. The maximum atomic E-state index is 11.4. The Kier molecular flexibility index (Phi) is 1.48. The summed E-state index contributed by atoms with van der Waals surface area (Å²) in [7, 11) is 0. The van der Waals surface area contributed by atoms with Crippen molar-refractivity contribution < 1.29 is 10.1 Å². The molecule has 0 aromatic carbocycles. The van der Waals surface area contributed by atoms with Gasteiger partial charge in [-0.05, 0) is 25.2 Å². The van der Waals surface area contributed by atoms with Crippen molar-refractivity contribution in [3.63, 3.8) is 0 Å². The van der Waals surface area contributed by atoms with E-state index in [0.29, 0.717) is 17.9 Å². The highest BCUT2D eigenvalue weighted by molar-refractivity contribution is 4.95. The minimum absolute atomic E-state index is 0.106. The van der Waals surface area contributed by atoms with E-state index in [9.17, 15) is 5.21 Å². The van der Waals surface area contributed by atoms with Gasteiger partial charge in [0.2, 0.25) is 0 Å². The lowest BCUT2D eigenvalue weighted by molar-refractivity contribution is -1.06. The molecule has 3 aliphatic rings. The van der Waals surface area contributed by atoms with Gasteiger partial charge in [-0.15, -0.1) is 0 Å². The second-order valence-corrected chi connectivity index (χ2v) is 4.51. The zero-order valence-corrected chi connectivity index (χ0v) is 7.16. The predicted molar refractivity (Wildman–Crippen MR) is 43.0 cm³/mol. The summed E-state index contributed by atoms with van der Waals surface area (Å²) in [6.45, 7) is 0.727. The predicted octanol–water partition coefficient (Wildman–Crippen LogP) is 0.119. The molecule has 5 atom stereocenters. The van der Waals surface area contributed by atoms with Crippen molar-refractivity contribution in [3.8, 4) is 0 Å². The summed E-state index contributed by atoms with van der Waals surface area (Å²) >= 11 is 0. The van der Waals surface area contributed by atoms with Gasteiger partial charge in [0, 0.05) is 11.8 Å². The molecule has 12 heavy (non-hydrogen) atoms. The molecule has 1 aliphatic heterocycles. The summed E-state index contributed by atoms with van der Waals surface area (Å²) in [4.78, 5) is 5.12. The van der Waals surface area contributed by atoms with Gasteiger partial charge in [-0.3, -0.25) is 0 Å². The number of quaternary nitrogens is 1. The molecule has 5 unspecified atom stereocenters. The monoisotopic (exact) mass is 169 g/mol. The van der Waals surface area contributed by atoms with Crippen LogP contribution in [-0.4, -0.2) is 12.6 Å². The van der Waals surface area contributed by atoms with E-state index in [0.717, 1.165) is 12.5 Å². The van der Waals surface area contributed by atoms with E-state index in [1.54, 1.807) is 0 Å². The largest absolute Gasteiger partial charge is 0.600 e. The van der Waals surface area contributed by atoms with Gasteiger partial charge < -0.3 is 5.21 Å². The smallest absolute Gasteiger partial charge is 0.125 e. The fourth-order valence-electron chi connectivity index (χ4n) is 3.51. The van der Waals surface area contributed by atoms with Crippen LogP contribution in [0.2, 0.25) is 0 Å². The van der Waals surface area contributed by atoms with Crippen LogP contribution in [0.25, 0.3) is 0 Å². The number of fused-ring (bicyclic) bond motifs is 5. The van der Waals surface area contributed by atoms with Crippen molar-refractivity contribution in [1.29, 1.82) is 0 Å². The Bertz CT molecular complexity index is 197. The first-order chi connectivity index (χ1) is 5.86. The molecular weight excluding hydrogens is 154 g/mol. The molecule has 0 amide bonds. The molecule has 0 aromatic rings. The molecular formula is C9H15NO2. The van der Waals surface area contributed by atoms with Crippen molar-refractivity contribution in [2.24, 2.45) is 17.8 Å². The second kappa shape index (κ2) is 2.44. The molecule has 3 heteroatoms. The third kappa shape index (κ3) is 0.817. The highest BCUT2D eigenvalue weighted by Gasteiger charge is 2.53. The van der Waals surface area contributed by atoms with Crippen LogP contribution in [0, 0.1) is 23.0 Å². The van der Waals surface area contributed by atoms with Crippen molar-refractivity contribution >= 4 is 0 Å². The highest BCUT2D eigenvalue weighted by atomic mass is 16.9. The van der Waals surface area contributed by atoms with Crippen LogP contribution in [-0.2, 0) is 4.84 Å². The molecule has 0 spiro atoms. The highest BCUT2D eigenvalue weighted by Crippen LogP contribution is 2.46. The van der Waals surface area contributed by atoms with E-state index in [4.69, 9.17) is 4.84 Å². The second-order valence-electron chi connectivity index (χ2n) is 4.51. The molecule has 1 heterocycles. The first-order valence-corrected chi connectivity index (χ1v) is 5.03. The Hall–Kier alpha value is -0.120. The van der Waals surface area contributed by atoms with Crippen LogP contribution in [0.4, 0.5) is 0 Å².